The number of hydrogen-bond donors (Lipinski definition) is 1. The van der Waals surface area contributed by atoms with Crippen molar-refractivity contribution in [2.24, 2.45) is 0 Å². The molecule has 0 amide bonds. The molecule has 2 N–H and O–H groups in total. The van der Waals surface area contributed by atoms with Crippen molar-refractivity contribution < 1.29 is 26.7 Å². The molecule has 2 aromatic rings. The maximum atomic E-state index is 12.6. The zero-order valence-corrected chi connectivity index (χ0v) is 12.8. The SMILES string of the molecule is COc1cc([N+]#N)c(OC)c(N)c1C(=O)c1ccccc1.[Cl-]. The van der Waals surface area contributed by atoms with Crippen molar-refractivity contribution in [1.29, 1.82) is 5.39 Å². The number of nitrogens with zero attached hydrogens (tertiary/aromatic N) is 2. The Bertz CT molecular complexity index is 727. The third-order valence-corrected chi connectivity index (χ3v) is 3.06. The molecule has 2 rings (SSSR count). The summed E-state index contributed by atoms with van der Waals surface area (Å²) in [5.74, 6) is 0.0419. The summed E-state index contributed by atoms with van der Waals surface area (Å²) in [6.07, 6.45) is 0. The molecule has 7 heteroatoms. The summed E-state index contributed by atoms with van der Waals surface area (Å²) in [5.41, 5.74) is 6.79. The Balaban J connectivity index is 0.00000242. The van der Waals surface area contributed by atoms with Gasteiger partial charge in [0.2, 0.25) is 11.1 Å². The fourth-order valence-corrected chi connectivity index (χ4v) is 2.06. The average Bonchev–Trinajstić information content (AvgIpc) is 2.53. The Morgan fingerprint density at radius 3 is 2.32 bits per heavy atom. The molecule has 0 unspecified atom stereocenters. The van der Waals surface area contributed by atoms with Crippen LogP contribution >= 0.6 is 0 Å². The van der Waals surface area contributed by atoms with E-state index >= 15 is 0 Å². The van der Waals surface area contributed by atoms with Gasteiger partial charge in [-0.2, -0.15) is 0 Å². The van der Waals surface area contributed by atoms with Crippen molar-refractivity contribution in [1.82, 2.24) is 0 Å². The van der Waals surface area contributed by atoms with Crippen LogP contribution in [0.25, 0.3) is 4.98 Å². The third kappa shape index (κ3) is 2.95. The molecule has 22 heavy (non-hydrogen) atoms. The molecule has 0 aliphatic heterocycles. The number of diazo groups is 1. The van der Waals surface area contributed by atoms with Gasteiger partial charge in [-0.1, -0.05) is 30.3 Å². The highest BCUT2D eigenvalue weighted by atomic mass is 35.5. The van der Waals surface area contributed by atoms with E-state index in [9.17, 15) is 4.79 Å². The smallest absolute Gasteiger partial charge is 0.432 e. The van der Waals surface area contributed by atoms with E-state index in [1.807, 2.05) is 6.07 Å². The number of methoxy groups -OCH3 is 2. The van der Waals surface area contributed by atoms with Gasteiger partial charge in [-0.15, -0.1) is 0 Å². The van der Waals surface area contributed by atoms with E-state index in [4.69, 9.17) is 20.6 Å². The first-order valence-corrected chi connectivity index (χ1v) is 6.13. The average molecular weight is 320 g/mol. The normalized spacial score (nSPS) is 9.32. The van der Waals surface area contributed by atoms with Crippen LogP contribution in [0.1, 0.15) is 15.9 Å². The van der Waals surface area contributed by atoms with Crippen molar-refractivity contribution in [2.45, 2.75) is 0 Å². The molecule has 2 aromatic carbocycles. The van der Waals surface area contributed by atoms with E-state index in [-0.39, 0.29) is 46.6 Å². The second kappa shape index (κ2) is 7.29. The Hall–Kier alpha value is -2.78. The lowest BCUT2D eigenvalue weighted by molar-refractivity contribution is -0.0000125. The predicted octanol–water partition coefficient (Wildman–Crippen LogP) is 0.00558. The van der Waals surface area contributed by atoms with Crippen molar-refractivity contribution >= 4 is 17.2 Å². The van der Waals surface area contributed by atoms with Crippen LogP contribution in [-0.2, 0) is 0 Å². The standard InChI is InChI=1S/C15H13N3O3.ClH/c1-20-11-8-10(18-17)15(21-2)13(16)12(11)14(19)9-6-4-3-5-7-9;/h3-8H,1-2H3,(H-,16,19);1H. The molecule has 0 radical (unpaired) electrons. The number of nitrogens with two attached hydrogens (primary N) is 1. The number of rotatable bonds is 4. The Morgan fingerprint density at radius 2 is 1.82 bits per heavy atom. The molecule has 0 bridgehead atoms. The van der Waals surface area contributed by atoms with E-state index in [0.29, 0.717) is 5.56 Å². The molecule has 0 aliphatic rings. The first-order valence-electron chi connectivity index (χ1n) is 6.13. The van der Waals surface area contributed by atoms with Crippen molar-refractivity contribution in [3.8, 4) is 11.5 Å². The molecule has 114 valence electrons. The van der Waals surface area contributed by atoms with E-state index in [1.54, 1.807) is 24.3 Å². The topological polar surface area (TPSA) is 89.7 Å². The number of anilines is 1. The molecule has 6 nitrogen and oxygen atoms in total. The van der Waals surface area contributed by atoms with Crippen molar-refractivity contribution in [3.05, 3.63) is 52.5 Å². The van der Waals surface area contributed by atoms with Gasteiger partial charge in [0.05, 0.1) is 31.5 Å². The summed E-state index contributed by atoms with van der Waals surface area (Å²) in [5, 5.41) is 8.99. The van der Waals surface area contributed by atoms with Gasteiger partial charge in [0.25, 0.3) is 0 Å². The minimum absolute atomic E-state index is 0. The van der Waals surface area contributed by atoms with Crippen LogP contribution in [0.15, 0.2) is 36.4 Å². The van der Waals surface area contributed by atoms with Crippen LogP contribution in [0.3, 0.4) is 0 Å². The van der Waals surface area contributed by atoms with Crippen molar-refractivity contribution in [2.75, 3.05) is 20.0 Å². The Kier molecular flexibility index (Phi) is 5.72. The molecule has 0 fully saturated rings. The molecule has 0 heterocycles. The van der Waals surface area contributed by atoms with Gasteiger partial charge in [0.1, 0.15) is 5.75 Å². The minimum atomic E-state index is -0.298. The van der Waals surface area contributed by atoms with Gasteiger partial charge < -0.3 is 27.6 Å². The van der Waals surface area contributed by atoms with Crippen LogP contribution < -0.4 is 27.6 Å². The molecular formula is C15H14ClN3O3. The number of ether oxygens (including phenoxy) is 2. The molecular weight excluding hydrogens is 306 g/mol. The number of nitrogen functional groups attached to an aromatic ring is 1. The van der Waals surface area contributed by atoms with E-state index in [0.717, 1.165) is 0 Å². The number of benzene rings is 2. The molecule has 0 aliphatic carbocycles. The zero-order chi connectivity index (χ0) is 15.4. The molecule has 0 saturated heterocycles. The highest BCUT2D eigenvalue weighted by molar-refractivity contribution is 6.15. The third-order valence-electron chi connectivity index (χ3n) is 3.06. The van der Waals surface area contributed by atoms with Gasteiger partial charge in [-0.25, -0.2) is 0 Å². The highest BCUT2D eigenvalue weighted by Crippen LogP contribution is 2.42. The van der Waals surface area contributed by atoms with Crippen LogP contribution in [0.4, 0.5) is 11.4 Å². The first-order chi connectivity index (χ1) is 10.1. The van der Waals surface area contributed by atoms with E-state index in [2.05, 4.69) is 4.98 Å². The predicted molar refractivity (Wildman–Crippen MR) is 78.6 cm³/mol. The lowest BCUT2D eigenvalue weighted by atomic mass is 9.99. The maximum absolute atomic E-state index is 12.6. The van der Waals surface area contributed by atoms with Crippen molar-refractivity contribution in [3.63, 3.8) is 0 Å². The van der Waals surface area contributed by atoms with Crippen LogP contribution in [0.2, 0.25) is 0 Å². The van der Waals surface area contributed by atoms with Crippen LogP contribution in [0, 0.1) is 5.39 Å². The summed E-state index contributed by atoms with van der Waals surface area (Å²) in [7, 11) is 2.79. The van der Waals surface area contributed by atoms with Gasteiger partial charge in [0, 0.05) is 5.56 Å². The van der Waals surface area contributed by atoms with Gasteiger partial charge in [-0.05, 0) is 0 Å². The largest absolute Gasteiger partial charge is 1.00 e. The second-order valence-corrected chi connectivity index (χ2v) is 4.22. The molecule has 0 saturated carbocycles. The second-order valence-electron chi connectivity index (χ2n) is 4.22. The van der Waals surface area contributed by atoms with Crippen LogP contribution in [-0.4, -0.2) is 20.0 Å². The number of hydrogen-bond acceptors (Lipinski definition) is 5. The quantitative estimate of drug-likeness (QED) is 0.487. The summed E-state index contributed by atoms with van der Waals surface area (Å²) in [6.45, 7) is 0. The summed E-state index contributed by atoms with van der Waals surface area (Å²) < 4.78 is 10.3. The Morgan fingerprint density at radius 1 is 1.18 bits per heavy atom. The molecule has 0 atom stereocenters. The summed E-state index contributed by atoms with van der Waals surface area (Å²) in [4.78, 5) is 15.7. The number of ketones is 1. The Labute approximate surface area is 133 Å². The van der Waals surface area contributed by atoms with Crippen LogP contribution in [0.5, 0.6) is 11.5 Å². The minimum Gasteiger partial charge on any atom is -1.00 e. The lowest BCUT2D eigenvalue weighted by Gasteiger charge is -2.12. The maximum Gasteiger partial charge on any atom is 0.432 e. The van der Waals surface area contributed by atoms with Gasteiger partial charge >= 0.3 is 5.69 Å². The molecule has 0 spiro atoms. The van der Waals surface area contributed by atoms with Gasteiger partial charge in [-0.3, -0.25) is 4.79 Å². The van der Waals surface area contributed by atoms with E-state index in [1.165, 1.54) is 20.3 Å². The highest BCUT2D eigenvalue weighted by Gasteiger charge is 2.29. The zero-order valence-electron chi connectivity index (χ0n) is 12.0. The molecule has 0 aromatic heterocycles. The lowest BCUT2D eigenvalue weighted by Crippen LogP contribution is -3.00. The first kappa shape index (κ1) is 17.3. The fourth-order valence-electron chi connectivity index (χ4n) is 2.06. The number of halogens is 1. The van der Waals surface area contributed by atoms with E-state index < -0.39 is 0 Å². The van der Waals surface area contributed by atoms with Gasteiger partial charge in [0.15, 0.2) is 10.8 Å². The number of carbonyl (C=O) groups is 1. The monoisotopic (exact) mass is 319 g/mol. The fraction of sp³-hybridized carbons (Fsp3) is 0.133. The number of carbonyl (C=O) groups excluding carboxylic acids is 1. The summed E-state index contributed by atoms with van der Waals surface area (Å²) >= 11 is 0. The summed E-state index contributed by atoms with van der Waals surface area (Å²) in [6, 6.07) is 10.1.